The minimum Gasteiger partial charge on any atom is -0.366 e. The number of morpholine rings is 1. The van der Waals surface area contributed by atoms with Gasteiger partial charge in [-0.3, -0.25) is 15.1 Å². The average Bonchev–Trinajstić information content (AvgIpc) is 2.94. The molecule has 22 heavy (non-hydrogen) atoms. The molecule has 0 aliphatic carbocycles. The first-order chi connectivity index (χ1) is 10.7. The third kappa shape index (κ3) is 3.84. The Kier molecular flexibility index (Phi) is 5.04. The number of rotatable bonds is 4. The van der Waals surface area contributed by atoms with Crippen molar-refractivity contribution in [1.29, 1.82) is 0 Å². The highest BCUT2D eigenvalue weighted by Gasteiger charge is 2.31. The summed E-state index contributed by atoms with van der Waals surface area (Å²) < 4.78 is 5.65. The molecule has 1 aromatic carbocycles. The Hall–Kier alpha value is -1.47. The van der Waals surface area contributed by atoms with Crippen LogP contribution in [0, 0.1) is 5.92 Å². The lowest BCUT2D eigenvalue weighted by molar-refractivity contribution is -0.140. The van der Waals surface area contributed by atoms with Crippen LogP contribution >= 0.6 is 0 Å². The van der Waals surface area contributed by atoms with Gasteiger partial charge in [0.15, 0.2) is 0 Å². The molecule has 0 bridgehead atoms. The van der Waals surface area contributed by atoms with E-state index in [1.807, 2.05) is 18.2 Å². The first-order valence-corrected chi connectivity index (χ1v) is 7.89. The standard InChI is InChI=1S/C16H24N4O2/c1-12-9-17-19-15(12)18-16(21)14-11-20(7-8-22-14)10-13-5-3-2-4-6-13/h2-6,12,14-15,17,19H,7-11H2,1H3,(H,18,21). The Balaban J connectivity index is 1.52. The summed E-state index contributed by atoms with van der Waals surface area (Å²) in [6.07, 6.45) is -0.423. The Morgan fingerprint density at radius 2 is 2.23 bits per heavy atom. The zero-order valence-electron chi connectivity index (χ0n) is 12.9. The fourth-order valence-corrected chi connectivity index (χ4v) is 2.86. The van der Waals surface area contributed by atoms with Gasteiger partial charge in [-0.2, -0.15) is 0 Å². The minimum absolute atomic E-state index is 0.0272. The largest absolute Gasteiger partial charge is 0.366 e. The molecule has 6 nitrogen and oxygen atoms in total. The third-order valence-electron chi connectivity index (χ3n) is 4.24. The second kappa shape index (κ2) is 7.19. The molecule has 1 aromatic rings. The van der Waals surface area contributed by atoms with Crippen LogP contribution in [0.25, 0.3) is 0 Å². The first kappa shape index (κ1) is 15.4. The Morgan fingerprint density at radius 1 is 1.41 bits per heavy atom. The van der Waals surface area contributed by atoms with E-state index in [1.165, 1.54) is 5.56 Å². The first-order valence-electron chi connectivity index (χ1n) is 7.89. The molecule has 0 radical (unpaired) electrons. The van der Waals surface area contributed by atoms with Crippen molar-refractivity contribution in [3.8, 4) is 0 Å². The number of nitrogens with zero attached hydrogens (tertiary/aromatic N) is 1. The summed E-state index contributed by atoms with van der Waals surface area (Å²) >= 11 is 0. The summed E-state index contributed by atoms with van der Waals surface area (Å²) in [6.45, 7) is 5.90. The highest BCUT2D eigenvalue weighted by molar-refractivity contribution is 5.81. The van der Waals surface area contributed by atoms with Gasteiger partial charge in [-0.25, -0.2) is 5.43 Å². The number of amides is 1. The smallest absolute Gasteiger partial charge is 0.251 e. The summed E-state index contributed by atoms with van der Waals surface area (Å²) in [5, 5.41) is 3.02. The zero-order valence-corrected chi connectivity index (χ0v) is 12.9. The lowest BCUT2D eigenvalue weighted by atomic mass is 10.1. The van der Waals surface area contributed by atoms with Crippen LogP contribution in [0.15, 0.2) is 30.3 Å². The van der Waals surface area contributed by atoms with Crippen LogP contribution in [-0.2, 0) is 16.1 Å². The fourth-order valence-electron chi connectivity index (χ4n) is 2.86. The van der Waals surface area contributed by atoms with Gasteiger partial charge in [-0.05, 0) is 5.56 Å². The molecule has 2 aliphatic heterocycles. The van der Waals surface area contributed by atoms with Gasteiger partial charge >= 0.3 is 0 Å². The van der Waals surface area contributed by atoms with Gasteiger partial charge in [0.05, 0.1) is 12.8 Å². The summed E-state index contributed by atoms with van der Waals surface area (Å²) in [4.78, 5) is 14.6. The number of hydrazine groups is 1. The Morgan fingerprint density at radius 3 is 2.95 bits per heavy atom. The van der Waals surface area contributed by atoms with Crippen molar-refractivity contribution in [2.24, 2.45) is 5.92 Å². The molecule has 0 saturated carbocycles. The van der Waals surface area contributed by atoms with Gasteiger partial charge in [-0.1, -0.05) is 37.3 Å². The highest BCUT2D eigenvalue weighted by atomic mass is 16.5. The molecule has 2 aliphatic rings. The van der Waals surface area contributed by atoms with Gasteiger partial charge in [0, 0.05) is 32.1 Å². The zero-order chi connectivity index (χ0) is 15.4. The van der Waals surface area contributed by atoms with E-state index in [9.17, 15) is 4.79 Å². The van der Waals surface area contributed by atoms with Crippen LogP contribution in [0.3, 0.4) is 0 Å². The van der Waals surface area contributed by atoms with Crippen molar-refractivity contribution < 1.29 is 9.53 Å². The van der Waals surface area contributed by atoms with Crippen molar-refractivity contribution in [3.05, 3.63) is 35.9 Å². The van der Waals surface area contributed by atoms with E-state index in [0.29, 0.717) is 19.1 Å². The van der Waals surface area contributed by atoms with Crippen LogP contribution in [0.5, 0.6) is 0 Å². The van der Waals surface area contributed by atoms with Gasteiger partial charge in [0.2, 0.25) is 0 Å². The molecule has 1 amide bonds. The summed E-state index contributed by atoms with van der Waals surface area (Å²) in [5.41, 5.74) is 7.39. The maximum absolute atomic E-state index is 12.4. The monoisotopic (exact) mass is 304 g/mol. The normalized spacial score (nSPS) is 29.4. The topological polar surface area (TPSA) is 65.6 Å². The SMILES string of the molecule is CC1CNNC1NC(=O)C1CN(Cc2ccccc2)CCO1. The van der Waals surface area contributed by atoms with Crippen LogP contribution in [-0.4, -0.2) is 49.3 Å². The Bertz CT molecular complexity index is 496. The van der Waals surface area contributed by atoms with Gasteiger partial charge in [-0.15, -0.1) is 0 Å². The number of carbonyl (C=O) groups excluding carboxylic acids is 1. The molecular formula is C16H24N4O2. The van der Waals surface area contributed by atoms with Gasteiger partial charge in [0.1, 0.15) is 6.10 Å². The van der Waals surface area contributed by atoms with Crippen molar-refractivity contribution in [2.75, 3.05) is 26.2 Å². The molecule has 120 valence electrons. The van der Waals surface area contributed by atoms with E-state index >= 15 is 0 Å². The van der Waals surface area contributed by atoms with E-state index in [0.717, 1.165) is 19.6 Å². The van der Waals surface area contributed by atoms with Crippen LogP contribution in [0.4, 0.5) is 0 Å². The molecule has 3 rings (SSSR count). The fraction of sp³-hybridized carbons (Fsp3) is 0.562. The molecule has 3 atom stereocenters. The molecule has 3 unspecified atom stereocenters. The highest BCUT2D eigenvalue weighted by Crippen LogP contribution is 2.11. The van der Waals surface area contributed by atoms with Crippen molar-refractivity contribution >= 4 is 5.91 Å². The average molecular weight is 304 g/mol. The molecule has 2 heterocycles. The van der Waals surface area contributed by atoms with E-state index in [1.54, 1.807) is 0 Å². The summed E-state index contributed by atoms with van der Waals surface area (Å²) in [5.74, 6) is 0.332. The maximum Gasteiger partial charge on any atom is 0.251 e. The molecule has 2 saturated heterocycles. The van der Waals surface area contributed by atoms with E-state index in [2.05, 4.69) is 40.1 Å². The van der Waals surface area contributed by atoms with E-state index < -0.39 is 6.10 Å². The number of nitrogens with one attached hydrogen (secondary N) is 3. The quantitative estimate of drug-likeness (QED) is 0.735. The molecular weight excluding hydrogens is 280 g/mol. The Labute approximate surface area is 131 Å². The lowest BCUT2D eigenvalue weighted by Crippen LogP contribution is -2.54. The minimum atomic E-state index is -0.396. The van der Waals surface area contributed by atoms with Crippen LogP contribution < -0.4 is 16.2 Å². The molecule has 0 aromatic heterocycles. The number of hydrogen-bond donors (Lipinski definition) is 3. The number of carbonyl (C=O) groups is 1. The number of benzene rings is 1. The van der Waals surface area contributed by atoms with Crippen molar-refractivity contribution in [3.63, 3.8) is 0 Å². The van der Waals surface area contributed by atoms with Gasteiger partial charge < -0.3 is 10.1 Å². The van der Waals surface area contributed by atoms with E-state index in [4.69, 9.17) is 4.74 Å². The summed E-state index contributed by atoms with van der Waals surface area (Å²) in [7, 11) is 0. The van der Waals surface area contributed by atoms with Crippen LogP contribution in [0.1, 0.15) is 12.5 Å². The molecule has 3 N–H and O–H groups in total. The maximum atomic E-state index is 12.4. The predicted octanol–water partition coefficient (Wildman–Crippen LogP) is 0.0736. The second-order valence-electron chi connectivity index (χ2n) is 6.07. The molecule has 6 heteroatoms. The summed E-state index contributed by atoms with van der Waals surface area (Å²) in [6, 6.07) is 10.3. The lowest BCUT2D eigenvalue weighted by Gasteiger charge is -2.33. The van der Waals surface area contributed by atoms with Crippen molar-refractivity contribution in [1.82, 2.24) is 21.1 Å². The predicted molar refractivity (Wildman–Crippen MR) is 83.7 cm³/mol. The van der Waals surface area contributed by atoms with Gasteiger partial charge in [0.25, 0.3) is 5.91 Å². The molecule has 2 fully saturated rings. The van der Waals surface area contributed by atoms with Crippen LogP contribution in [0.2, 0.25) is 0 Å². The second-order valence-corrected chi connectivity index (χ2v) is 6.07. The van der Waals surface area contributed by atoms with Crippen molar-refractivity contribution in [2.45, 2.75) is 25.7 Å². The van der Waals surface area contributed by atoms with E-state index in [-0.39, 0.29) is 12.1 Å². The number of ether oxygens (including phenoxy) is 1. The number of hydrogen-bond acceptors (Lipinski definition) is 5. The molecule has 0 spiro atoms. The third-order valence-corrected chi connectivity index (χ3v) is 4.24.